The standard InChI is InChI=1S/C8H17N2O2S/c1-2-3-9-4-6-10(7-5-9)8-13(11)12/h13H,1-8H2. The van der Waals surface area contributed by atoms with E-state index in [1.54, 1.807) is 0 Å². The van der Waals surface area contributed by atoms with Crippen LogP contribution in [0.1, 0.15) is 6.42 Å². The van der Waals surface area contributed by atoms with Crippen LogP contribution in [0.2, 0.25) is 0 Å². The maximum Gasteiger partial charge on any atom is 0.153 e. The first-order valence-electron chi connectivity index (χ1n) is 4.58. The lowest BCUT2D eigenvalue weighted by molar-refractivity contribution is 0.150. The van der Waals surface area contributed by atoms with Crippen molar-refractivity contribution in [3.63, 3.8) is 0 Å². The Morgan fingerprint density at radius 3 is 2.08 bits per heavy atom. The Balaban J connectivity index is 2.22. The zero-order chi connectivity index (χ0) is 9.68. The van der Waals surface area contributed by atoms with E-state index in [0.717, 1.165) is 39.1 Å². The lowest BCUT2D eigenvalue weighted by atomic mass is 10.3. The van der Waals surface area contributed by atoms with Crippen molar-refractivity contribution in [3.8, 4) is 0 Å². The Hall–Kier alpha value is -0.130. The molecule has 0 bridgehead atoms. The molecule has 0 N–H and O–H groups in total. The maximum atomic E-state index is 10.4. The van der Waals surface area contributed by atoms with E-state index in [4.69, 9.17) is 0 Å². The minimum absolute atomic E-state index is 0.216. The summed E-state index contributed by atoms with van der Waals surface area (Å²) in [5, 5.41) is 0. The second-order valence-electron chi connectivity index (χ2n) is 3.29. The van der Waals surface area contributed by atoms with Crippen LogP contribution in [0, 0.1) is 6.92 Å². The van der Waals surface area contributed by atoms with Crippen LogP contribution in [0.3, 0.4) is 0 Å². The molecule has 1 aliphatic rings. The lowest BCUT2D eigenvalue weighted by Crippen LogP contribution is -2.46. The molecule has 1 heterocycles. The zero-order valence-corrected chi connectivity index (χ0v) is 8.71. The molecule has 77 valence electrons. The Morgan fingerprint density at radius 1 is 1.08 bits per heavy atom. The summed E-state index contributed by atoms with van der Waals surface area (Å²) in [5.74, 6) is 0.216. The van der Waals surface area contributed by atoms with Crippen LogP contribution in [-0.2, 0) is 10.7 Å². The number of piperazine rings is 1. The SMILES string of the molecule is [CH2]CCN1CCN(C[SH](=O)=O)CC1. The molecular formula is C8H17N2O2S. The van der Waals surface area contributed by atoms with Crippen LogP contribution in [0.5, 0.6) is 0 Å². The van der Waals surface area contributed by atoms with Gasteiger partial charge in [-0.15, -0.1) is 0 Å². The molecule has 4 nitrogen and oxygen atoms in total. The van der Waals surface area contributed by atoms with E-state index in [0.29, 0.717) is 0 Å². The molecule has 0 aliphatic carbocycles. The van der Waals surface area contributed by atoms with Crippen molar-refractivity contribution in [2.24, 2.45) is 0 Å². The second kappa shape index (κ2) is 5.57. The monoisotopic (exact) mass is 205 g/mol. The van der Waals surface area contributed by atoms with Crippen molar-refractivity contribution in [3.05, 3.63) is 6.92 Å². The quantitative estimate of drug-likeness (QED) is 0.622. The van der Waals surface area contributed by atoms with Gasteiger partial charge < -0.3 is 4.90 Å². The number of hydrogen-bond acceptors (Lipinski definition) is 4. The van der Waals surface area contributed by atoms with Crippen molar-refractivity contribution in [2.75, 3.05) is 38.6 Å². The van der Waals surface area contributed by atoms with Gasteiger partial charge in [0.2, 0.25) is 0 Å². The lowest BCUT2D eigenvalue weighted by Gasteiger charge is -2.33. The molecule has 1 fully saturated rings. The van der Waals surface area contributed by atoms with Crippen LogP contribution < -0.4 is 0 Å². The second-order valence-corrected chi connectivity index (χ2v) is 4.24. The van der Waals surface area contributed by atoms with E-state index in [9.17, 15) is 8.42 Å². The first-order valence-corrected chi connectivity index (χ1v) is 5.94. The number of thiol groups is 1. The molecule has 5 heteroatoms. The fourth-order valence-electron chi connectivity index (χ4n) is 1.54. The molecule has 0 aromatic heterocycles. The molecule has 1 rings (SSSR count). The molecule has 0 amide bonds. The third-order valence-corrected chi connectivity index (χ3v) is 2.89. The van der Waals surface area contributed by atoms with E-state index in [1.165, 1.54) is 0 Å². The van der Waals surface area contributed by atoms with E-state index in [-0.39, 0.29) is 5.88 Å². The van der Waals surface area contributed by atoms with Gasteiger partial charge in [0.1, 0.15) is 0 Å². The van der Waals surface area contributed by atoms with E-state index >= 15 is 0 Å². The molecule has 0 aromatic rings. The average molecular weight is 205 g/mol. The summed E-state index contributed by atoms with van der Waals surface area (Å²) in [4.78, 5) is 4.30. The molecule has 1 radical (unpaired) electrons. The molecule has 1 aliphatic heterocycles. The molecule has 1 saturated heterocycles. The van der Waals surface area contributed by atoms with Crippen molar-refractivity contribution < 1.29 is 8.42 Å². The molecule has 0 saturated carbocycles. The van der Waals surface area contributed by atoms with Crippen LogP contribution in [0.4, 0.5) is 0 Å². The highest BCUT2D eigenvalue weighted by atomic mass is 32.2. The highest BCUT2D eigenvalue weighted by Crippen LogP contribution is 2.01. The van der Waals surface area contributed by atoms with Crippen LogP contribution in [0.25, 0.3) is 0 Å². The van der Waals surface area contributed by atoms with Crippen LogP contribution >= 0.6 is 0 Å². The van der Waals surface area contributed by atoms with Gasteiger partial charge in [0.25, 0.3) is 0 Å². The van der Waals surface area contributed by atoms with Crippen molar-refractivity contribution >= 4 is 10.7 Å². The highest BCUT2D eigenvalue weighted by molar-refractivity contribution is 7.72. The summed E-state index contributed by atoms with van der Waals surface area (Å²) in [6.07, 6.45) is 0.926. The smallest absolute Gasteiger partial charge is 0.153 e. The summed E-state index contributed by atoms with van der Waals surface area (Å²) in [6, 6.07) is 0. The summed E-state index contributed by atoms with van der Waals surface area (Å²) in [5.41, 5.74) is 0. The van der Waals surface area contributed by atoms with E-state index < -0.39 is 10.7 Å². The highest BCUT2D eigenvalue weighted by Gasteiger charge is 2.15. The minimum Gasteiger partial charge on any atom is -0.301 e. The van der Waals surface area contributed by atoms with Gasteiger partial charge in [-0.3, -0.25) is 4.90 Å². The van der Waals surface area contributed by atoms with Crippen molar-refractivity contribution in [1.82, 2.24) is 9.80 Å². The van der Waals surface area contributed by atoms with Gasteiger partial charge in [-0.1, -0.05) is 6.92 Å². The summed E-state index contributed by atoms with van der Waals surface area (Å²) in [7, 11) is -2.25. The summed E-state index contributed by atoms with van der Waals surface area (Å²) in [6.45, 7) is 8.49. The first kappa shape index (κ1) is 10.9. The topological polar surface area (TPSA) is 40.6 Å². The van der Waals surface area contributed by atoms with Crippen LogP contribution in [0.15, 0.2) is 0 Å². The minimum atomic E-state index is -2.25. The summed E-state index contributed by atoms with van der Waals surface area (Å²) < 4.78 is 20.9. The maximum absolute atomic E-state index is 10.4. The molecular weight excluding hydrogens is 188 g/mol. The van der Waals surface area contributed by atoms with Crippen LogP contribution in [-0.4, -0.2) is 56.8 Å². The fraction of sp³-hybridized carbons (Fsp3) is 0.875. The number of rotatable bonds is 4. The van der Waals surface area contributed by atoms with E-state index in [1.807, 2.05) is 4.90 Å². The largest absolute Gasteiger partial charge is 0.301 e. The Kier molecular flexibility index (Phi) is 4.69. The third kappa shape index (κ3) is 4.06. The Bertz CT molecular complexity index is 202. The van der Waals surface area contributed by atoms with Gasteiger partial charge in [-0.05, 0) is 13.0 Å². The van der Waals surface area contributed by atoms with Gasteiger partial charge >= 0.3 is 0 Å². The molecule has 0 aromatic carbocycles. The van der Waals surface area contributed by atoms with Gasteiger partial charge in [0.15, 0.2) is 10.7 Å². The van der Waals surface area contributed by atoms with Gasteiger partial charge in [0.05, 0.1) is 5.88 Å². The Labute approximate surface area is 81.5 Å². The number of nitrogens with zero attached hydrogens (tertiary/aromatic N) is 2. The molecule has 13 heavy (non-hydrogen) atoms. The van der Waals surface area contributed by atoms with Gasteiger partial charge in [0, 0.05) is 26.2 Å². The molecule has 0 atom stereocenters. The zero-order valence-electron chi connectivity index (χ0n) is 7.81. The van der Waals surface area contributed by atoms with Gasteiger partial charge in [-0.25, -0.2) is 8.42 Å². The normalized spacial score (nSPS) is 21.1. The first-order chi connectivity index (χ1) is 6.22. The summed E-state index contributed by atoms with van der Waals surface area (Å²) >= 11 is 0. The predicted octanol–water partition coefficient (Wildman–Crippen LogP) is -0.603. The molecule has 0 spiro atoms. The fourth-order valence-corrected chi connectivity index (χ4v) is 2.15. The number of hydrogen-bond donors (Lipinski definition) is 1. The Morgan fingerprint density at radius 2 is 1.62 bits per heavy atom. The van der Waals surface area contributed by atoms with Gasteiger partial charge in [-0.2, -0.15) is 0 Å². The van der Waals surface area contributed by atoms with Crippen molar-refractivity contribution in [2.45, 2.75) is 6.42 Å². The third-order valence-electron chi connectivity index (χ3n) is 2.25. The average Bonchev–Trinajstić information content (AvgIpc) is 2.08. The molecule has 0 unspecified atom stereocenters. The van der Waals surface area contributed by atoms with E-state index in [2.05, 4.69) is 11.8 Å². The predicted molar refractivity (Wildman–Crippen MR) is 53.2 cm³/mol. The van der Waals surface area contributed by atoms with Crippen molar-refractivity contribution in [1.29, 1.82) is 0 Å².